The monoisotopic (exact) mass is 360 g/mol. The van der Waals surface area contributed by atoms with E-state index in [0.717, 1.165) is 36.4 Å². The Morgan fingerprint density at radius 1 is 1.27 bits per heavy atom. The summed E-state index contributed by atoms with van der Waals surface area (Å²) >= 11 is 0. The lowest BCUT2D eigenvalue weighted by Crippen LogP contribution is -2.49. The van der Waals surface area contributed by atoms with Crippen molar-refractivity contribution in [2.45, 2.75) is 45.7 Å². The van der Waals surface area contributed by atoms with Gasteiger partial charge in [0.1, 0.15) is 5.82 Å². The van der Waals surface area contributed by atoms with Gasteiger partial charge in [-0.05, 0) is 38.0 Å². The fraction of sp³-hybridized carbons (Fsp3) is 0.450. The molecule has 0 spiro atoms. The second-order valence-corrected chi connectivity index (χ2v) is 7.59. The molecule has 0 unspecified atom stereocenters. The number of halogens is 2. The summed E-state index contributed by atoms with van der Waals surface area (Å²) < 4.78 is 29.4. The normalized spacial score (nSPS) is 16.1. The lowest BCUT2D eigenvalue weighted by molar-refractivity contribution is 0.116. The Morgan fingerprint density at radius 3 is 2.54 bits per heavy atom. The van der Waals surface area contributed by atoms with Crippen LogP contribution in [0.5, 0.6) is 0 Å². The second kappa shape index (κ2) is 6.50. The van der Waals surface area contributed by atoms with Crippen LogP contribution in [0.4, 0.5) is 8.78 Å². The molecule has 1 aromatic carbocycles. The van der Waals surface area contributed by atoms with Crippen LogP contribution in [-0.4, -0.2) is 27.5 Å². The molecule has 26 heavy (non-hydrogen) atoms. The Bertz CT molecular complexity index is 852. The third-order valence-corrected chi connectivity index (χ3v) is 5.13. The first kappa shape index (κ1) is 18.6. The van der Waals surface area contributed by atoms with Crippen molar-refractivity contribution in [2.75, 3.05) is 13.1 Å². The summed E-state index contributed by atoms with van der Waals surface area (Å²) in [5.41, 5.74) is 8.62. The molecule has 0 radical (unpaired) electrons. The maximum atomic E-state index is 13.8. The quantitative estimate of drug-likeness (QED) is 0.897. The summed E-state index contributed by atoms with van der Waals surface area (Å²) in [5.74, 6) is -0.628. The molecule has 1 aliphatic heterocycles. The van der Waals surface area contributed by atoms with Crippen LogP contribution in [0, 0.1) is 11.6 Å². The maximum Gasteiger partial charge on any atom is 0.159 e. The van der Waals surface area contributed by atoms with E-state index in [1.807, 2.05) is 0 Å². The molecule has 0 amide bonds. The molecule has 0 atom stereocenters. The number of imidazole rings is 1. The topological polar surface area (TPSA) is 47.1 Å². The van der Waals surface area contributed by atoms with Crippen molar-refractivity contribution >= 4 is 0 Å². The molecule has 140 valence electrons. The van der Waals surface area contributed by atoms with E-state index in [-0.39, 0.29) is 5.92 Å². The van der Waals surface area contributed by atoms with Gasteiger partial charge in [-0.1, -0.05) is 20.4 Å². The fourth-order valence-corrected chi connectivity index (χ4v) is 3.86. The first-order chi connectivity index (χ1) is 12.2. The first-order valence-electron chi connectivity index (χ1n) is 8.90. The number of hydrogen-bond acceptors (Lipinski definition) is 3. The Labute approximate surface area is 153 Å². The van der Waals surface area contributed by atoms with Crippen LogP contribution in [0.15, 0.2) is 30.5 Å². The molecule has 2 heterocycles. The molecule has 1 aliphatic rings. The Balaban J connectivity index is 2.19. The van der Waals surface area contributed by atoms with E-state index in [9.17, 15) is 8.78 Å². The van der Waals surface area contributed by atoms with Crippen molar-refractivity contribution in [3.8, 4) is 11.3 Å². The lowest BCUT2D eigenvalue weighted by atomic mass is 9.97. The molecule has 0 saturated heterocycles. The maximum absolute atomic E-state index is 13.8. The number of nitrogens with two attached hydrogens (primary N) is 1. The third kappa shape index (κ3) is 2.82. The first-order valence-corrected chi connectivity index (χ1v) is 8.90. The van der Waals surface area contributed by atoms with Gasteiger partial charge < -0.3 is 15.2 Å². The van der Waals surface area contributed by atoms with E-state index >= 15 is 0 Å². The van der Waals surface area contributed by atoms with E-state index in [1.54, 1.807) is 6.07 Å². The van der Waals surface area contributed by atoms with Crippen LogP contribution in [-0.2, 0) is 12.1 Å². The van der Waals surface area contributed by atoms with Crippen LogP contribution < -0.4 is 5.73 Å². The van der Waals surface area contributed by atoms with E-state index in [4.69, 9.17) is 10.7 Å². The van der Waals surface area contributed by atoms with Crippen LogP contribution in [0.25, 0.3) is 11.3 Å². The highest BCUT2D eigenvalue weighted by Crippen LogP contribution is 2.39. The highest BCUT2D eigenvalue weighted by atomic mass is 19.2. The minimum atomic E-state index is -0.861. The summed E-state index contributed by atoms with van der Waals surface area (Å²) in [6.07, 6.45) is 0. The van der Waals surface area contributed by atoms with E-state index < -0.39 is 17.2 Å². The van der Waals surface area contributed by atoms with Gasteiger partial charge in [0.05, 0.1) is 11.2 Å². The molecule has 0 fully saturated rings. The number of rotatable bonds is 4. The van der Waals surface area contributed by atoms with Crippen molar-refractivity contribution in [1.29, 1.82) is 0 Å². The molecule has 6 heteroatoms. The van der Waals surface area contributed by atoms with Gasteiger partial charge in [0.15, 0.2) is 11.6 Å². The van der Waals surface area contributed by atoms with E-state index in [0.29, 0.717) is 17.8 Å². The van der Waals surface area contributed by atoms with Gasteiger partial charge in [0, 0.05) is 36.6 Å². The van der Waals surface area contributed by atoms with Gasteiger partial charge in [-0.3, -0.25) is 0 Å². The summed E-state index contributed by atoms with van der Waals surface area (Å²) in [6, 6.07) is 3.96. The van der Waals surface area contributed by atoms with E-state index in [1.165, 1.54) is 6.07 Å². The highest BCUT2D eigenvalue weighted by molar-refractivity contribution is 5.64. The Kier molecular flexibility index (Phi) is 4.65. The van der Waals surface area contributed by atoms with Gasteiger partial charge in [-0.15, -0.1) is 0 Å². The van der Waals surface area contributed by atoms with Crippen LogP contribution in [0.3, 0.4) is 0 Å². The largest absolute Gasteiger partial charge is 0.360 e. The summed E-state index contributed by atoms with van der Waals surface area (Å²) in [7, 11) is 0. The number of fused-ring (bicyclic) bond motifs is 1. The summed E-state index contributed by atoms with van der Waals surface area (Å²) in [6.45, 7) is 14.4. The molecule has 0 bridgehead atoms. The number of benzene rings is 1. The van der Waals surface area contributed by atoms with Crippen molar-refractivity contribution in [3.05, 3.63) is 53.6 Å². The molecule has 3 rings (SSSR count). The lowest BCUT2D eigenvalue weighted by Gasteiger charge is -2.45. The van der Waals surface area contributed by atoms with E-state index in [2.05, 4.69) is 43.7 Å². The number of aromatic nitrogens is 2. The molecule has 2 aromatic rings. The van der Waals surface area contributed by atoms with Crippen LogP contribution in [0.1, 0.15) is 45.1 Å². The molecule has 4 nitrogen and oxygen atoms in total. The van der Waals surface area contributed by atoms with Gasteiger partial charge in [0.2, 0.25) is 0 Å². The van der Waals surface area contributed by atoms with Crippen molar-refractivity contribution in [3.63, 3.8) is 0 Å². The highest BCUT2D eigenvalue weighted by Gasteiger charge is 2.39. The second-order valence-electron chi connectivity index (χ2n) is 7.59. The predicted octanol–water partition coefficient (Wildman–Crippen LogP) is 3.97. The smallest absolute Gasteiger partial charge is 0.159 e. The van der Waals surface area contributed by atoms with Gasteiger partial charge >= 0.3 is 0 Å². The van der Waals surface area contributed by atoms with Crippen molar-refractivity contribution in [1.82, 2.24) is 14.5 Å². The summed E-state index contributed by atoms with van der Waals surface area (Å²) in [5, 5.41) is 0. The molecule has 0 aliphatic carbocycles. The minimum absolute atomic E-state index is 0.194. The number of hydrogen-bond donors (Lipinski definition) is 1. The SMILES string of the molecule is C=C(CN)N1CCn2c(nc(-c3ccc(F)c(F)c3)c2C(C)C)C1(C)C. The summed E-state index contributed by atoms with van der Waals surface area (Å²) in [4.78, 5) is 7.06. The standard InChI is InChI=1S/C20H26F2N4/c1-12(2)18-17(14-6-7-15(21)16(22)10-14)24-19-20(4,5)26(13(3)11-23)9-8-25(18)19/h6-7,10,12H,3,8-9,11,23H2,1-2,4-5H3. The average molecular weight is 360 g/mol. The third-order valence-electron chi connectivity index (χ3n) is 5.13. The molecular weight excluding hydrogens is 334 g/mol. The molecule has 2 N–H and O–H groups in total. The van der Waals surface area contributed by atoms with Gasteiger partial charge in [-0.2, -0.15) is 0 Å². The molecule has 0 saturated carbocycles. The van der Waals surface area contributed by atoms with Gasteiger partial charge in [0.25, 0.3) is 0 Å². The van der Waals surface area contributed by atoms with Crippen molar-refractivity contribution < 1.29 is 8.78 Å². The van der Waals surface area contributed by atoms with Crippen LogP contribution in [0.2, 0.25) is 0 Å². The van der Waals surface area contributed by atoms with Gasteiger partial charge in [-0.25, -0.2) is 13.8 Å². The zero-order valence-corrected chi connectivity index (χ0v) is 15.8. The zero-order chi connectivity index (χ0) is 19.2. The van der Waals surface area contributed by atoms with Crippen molar-refractivity contribution in [2.24, 2.45) is 5.73 Å². The minimum Gasteiger partial charge on any atom is -0.360 e. The zero-order valence-electron chi connectivity index (χ0n) is 15.8. The molecular formula is C20H26F2N4. The Morgan fingerprint density at radius 2 is 1.96 bits per heavy atom. The number of nitrogens with zero attached hydrogens (tertiary/aromatic N) is 3. The molecule has 1 aromatic heterocycles. The fourth-order valence-electron chi connectivity index (χ4n) is 3.86. The average Bonchev–Trinajstić information content (AvgIpc) is 2.98. The van der Waals surface area contributed by atoms with Crippen LogP contribution >= 0.6 is 0 Å². The Hall–Kier alpha value is -2.21. The predicted molar refractivity (Wildman–Crippen MR) is 99.6 cm³/mol.